The lowest BCUT2D eigenvalue weighted by molar-refractivity contribution is -0.137. The highest BCUT2D eigenvalue weighted by Crippen LogP contribution is 2.39. The highest BCUT2D eigenvalue weighted by molar-refractivity contribution is 6.14. The third kappa shape index (κ3) is 2.88. The molecule has 2 aromatic carbocycles. The molecule has 0 unspecified atom stereocenters. The van der Waals surface area contributed by atoms with Gasteiger partial charge in [-0.25, -0.2) is 0 Å². The molecule has 3 aromatic rings. The van der Waals surface area contributed by atoms with Gasteiger partial charge in [0.05, 0.1) is 12.7 Å². The summed E-state index contributed by atoms with van der Waals surface area (Å²) in [6.07, 6.45) is -3.88. The van der Waals surface area contributed by atoms with Crippen LogP contribution in [-0.4, -0.2) is 13.4 Å². The van der Waals surface area contributed by atoms with Crippen molar-refractivity contribution >= 4 is 28.2 Å². The van der Waals surface area contributed by atoms with Crippen LogP contribution >= 0.6 is 0 Å². The van der Waals surface area contributed by atoms with Crippen molar-refractivity contribution in [3.05, 3.63) is 41.5 Å². The molecule has 0 saturated carbocycles. The summed E-state index contributed by atoms with van der Waals surface area (Å²) in [5.41, 5.74) is -0.0109. The summed E-state index contributed by atoms with van der Waals surface area (Å²) in [6, 6.07) is 6.19. The minimum atomic E-state index is -4.46. The summed E-state index contributed by atoms with van der Waals surface area (Å²) < 4.78 is 49.1. The van der Waals surface area contributed by atoms with E-state index in [1.807, 2.05) is 13.8 Å². The van der Waals surface area contributed by atoms with Crippen LogP contribution in [0.3, 0.4) is 0 Å². The fourth-order valence-electron chi connectivity index (χ4n) is 2.32. The number of ether oxygens (including phenoxy) is 1. The zero-order chi connectivity index (χ0) is 17.2. The van der Waals surface area contributed by atoms with Crippen molar-refractivity contribution in [3.63, 3.8) is 0 Å². The second kappa shape index (κ2) is 6.32. The van der Waals surface area contributed by atoms with Crippen molar-refractivity contribution in [2.75, 3.05) is 7.11 Å². The molecule has 0 atom stereocenters. The molecule has 0 saturated heterocycles. The summed E-state index contributed by atoms with van der Waals surface area (Å²) in [5.74, 6) is 0.361. The van der Waals surface area contributed by atoms with Crippen molar-refractivity contribution in [1.82, 2.24) is 0 Å². The zero-order valence-electron chi connectivity index (χ0n) is 12.8. The second-order valence-corrected chi connectivity index (χ2v) is 4.49. The van der Waals surface area contributed by atoms with Crippen LogP contribution in [-0.2, 0) is 6.18 Å². The van der Waals surface area contributed by atoms with Crippen molar-refractivity contribution in [1.29, 1.82) is 0 Å². The molecule has 1 heterocycles. The van der Waals surface area contributed by atoms with Crippen LogP contribution in [0.5, 0.6) is 5.75 Å². The Morgan fingerprint density at radius 3 is 2.39 bits per heavy atom. The van der Waals surface area contributed by atoms with E-state index in [1.165, 1.54) is 19.2 Å². The Labute approximate surface area is 130 Å². The molecule has 122 valence electrons. The van der Waals surface area contributed by atoms with Gasteiger partial charge in [0.1, 0.15) is 5.58 Å². The zero-order valence-corrected chi connectivity index (χ0v) is 12.8. The number of furan rings is 1. The standard InChI is InChI=1S/C15H9F3O3.C2H6/c1-20-12-4-2-8(7-19)13-10-6-9(15(16,17)18)3-5-11(10)21-14(12)13;1-2/h2-7H,1H3;1-2H3. The van der Waals surface area contributed by atoms with E-state index >= 15 is 0 Å². The largest absolute Gasteiger partial charge is 0.493 e. The number of fused-ring (bicyclic) bond motifs is 3. The van der Waals surface area contributed by atoms with Crippen molar-refractivity contribution < 1.29 is 27.1 Å². The Kier molecular flexibility index (Phi) is 4.63. The number of hydrogen-bond donors (Lipinski definition) is 0. The molecule has 6 heteroatoms. The molecular formula is C17H15F3O3. The van der Waals surface area contributed by atoms with Gasteiger partial charge in [-0.1, -0.05) is 13.8 Å². The molecule has 1 aromatic heterocycles. The van der Waals surface area contributed by atoms with E-state index in [0.29, 0.717) is 17.4 Å². The number of methoxy groups -OCH3 is 1. The van der Waals surface area contributed by atoms with Gasteiger partial charge in [-0.15, -0.1) is 0 Å². The quantitative estimate of drug-likeness (QED) is 0.588. The van der Waals surface area contributed by atoms with E-state index in [-0.39, 0.29) is 22.1 Å². The van der Waals surface area contributed by atoms with Gasteiger partial charge in [-0.3, -0.25) is 4.79 Å². The molecule has 3 rings (SSSR count). The topological polar surface area (TPSA) is 39.4 Å². The predicted molar refractivity (Wildman–Crippen MR) is 82.0 cm³/mol. The molecule has 0 amide bonds. The van der Waals surface area contributed by atoms with Crippen molar-refractivity contribution in [2.24, 2.45) is 0 Å². The van der Waals surface area contributed by atoms with Crippen LogP contribution in [0.25, 0.3) is 21.9 Å². The Balaban J connectivity index is 0.000000924. The smallest absolute Gasteiger partial charge is 0.416 e. The Morgan fingerprint density at radius 2 is 1.83 bits per heavy atom. The van der Waals surface area contributed by atoms with E-state index < -0.39 is 11.7 Å². The molecule has 0 bridgehead atoms. The maximum absolute atomic E-state index is 12.8. The summed E-state index contributed by atoms with van der Waals surface area (Å²) in [5, 5.41) is 0.561. The minimum Gasteiger partial charge on any atom is -0.493 e. The van der Waals surface area contributed by atoms with E-state index in [0.717, 1.165) is 12.1 Å². The third-order valence-electron chi connectivity index (χ3n) is 3.29. The fourth-order valence-corrected chi connectivity index (χ4v) is 2.32. The number of carbonyl (C=O) groups is 1. The molecule has 0 aliphatic carbocycles. The first-order valence-corrected chi connectivity index (χ1v) is 7.01. The lowest BCUT2D eigenvalue weighted by Gasteiger charge is -2.05. The van der Waals surface area contributed by atoms with Gasteiger partial charge < -0.3 is 9.15 Å². The van der Waals surface area contributed by atoms with Crippen LogP contribution in [0.2, 0.25) is 0 Å². The molecule has 0 spiro atoms. The number of benzene rings is 2. The van der Waals surface area contributed by atoms with Gasteiger partial charge in [0.25, 0.3) is 0 Å². The molecule has 0 radical (unpaired) electrons. The van der Waals surface area contributed by atoms with Gasteiger partial charge in [-0.05, 0) is 30.3 Å². The molecule has 0 aliphatic heterocycles. The minimum absolute atomic E-state index is 0.237. The first-order chi connectivity index (χ1) is 11.0. The second-order valence-electron chi connectivity index (χ2n) is 4.49. The van der Waals surface area contributed by atoms with E-state index in [2.05, 4.69) is 0 Å². The number of alkyl halides is 3. The molecular weight excluding hydrogens is 309 g/mol. The third-order valence-corrected chi connectivity index (χ3v) is 3.29. The van der Waals surface area contributed by atoms with Crippen LogP contribution in [0.15, 0.2) is 34.7 Å². The van der Waals surface area contributed by atoms with Gasteiger partial charge in [-0.2, -0.15) is 13.2 Å². The van der Waals surface area contributed by atoms with Gasteiger partial charge >= 0.3 is 6.18 Å². The first kappa shape index (κ1) is 16.9. The van der Waals surface area contributed by atoms with Crippen molar-refractivity contribution in [3.8, 4) is 5.75 Å². The summed E-state index contributed by atoms with van der Waals surface area (Å²) in [4.78, 5) is 11.1. The average molecular weight is 324 g/mol. The number of rotatable bonds is 2. The number of carbonyl (C=O) groups excluding carboxylic acids is 1. The highest BCUT2D eigenvalue weighted by Gasteiger charge is 2.31. The van der Waals surface area contributed by atoms with Crippen LogP contribution < -0.4 is 4.74 Å². The lowest BCUT2D eigenvalue weighted by Crippen LogP contribution is -2.03. The van der Waals surface area contributed by atoms with Crippen LogP contribution in [0, 0.1) is 0 Å². The van der Waals surface area contributed by atoms with E-state index in [1.54, 1.807) is 6.07 Å². The Bertz CT molecular complexity index is 848. The maximum atomic E-state index is 12.8. The number of halogens is 3. The molecule has 0 aliphatic rings. The maximum Gasteiger partial charge on any atom is 0.416 e. The predicted octanol–water partition coefficient (Wildman–Crippen LogP) is 5.45. The lowest BCUT2D eigenvalue weighted by atomic mass is 10.0. The Hall–Kier alpha value is -2.50. The summed E-state index contributed by atoms with van der Waals surface area (Å²) in [7, 11) is 1.42. The SMILES string of the molecule is CC.COc1ccc(C=O)c2c1oc1ccc(C(F)(F)F)cc12. The Morgan fingerprint density at radius 1 is 1.13 bits per heavy atom. The van der Waals surface area contributed by atoms with Crippen LogP contribution in [0.1, 0.15) is 29.8 Å². The van der Waals surface area contributed by atoms with E-state index in [9.17, 15) is 18.0 Å². The van der Waals surface area contributed by atoms with Gasteiger partial charge in [0.15, 0.2) is 17.6 Å². The molecule has 0 N–H and O–H groups in total. The normalized spacial score (nSPS) is 11.2. The van der Waals surface area contributed by atoms with Gasteiger partial charge in [0, 0.05) is 16.3 Å². The number of hydrogen-bond acceptors (Lipinski definition) is 3. The fraction of sp³-hybridized carbons (Fsp3) is 0.235. The summed E-state index contributed by atoms with van der Waals surface area (Å²) >= 11 is 0. The van der Waals surface area contributed by atoms with Crippen LogP contribution in [0.4, 0.5) is 13.2 Å². The average Bonchev–Trinajstić information content (AvgIpc) is 2.94. The van der Waals surface area contributed by atoms with E-state index in [4.69, 9.17) is 9.15 Å². The summed E-state index contributed by atoms with van der Waals surface area (Å²) in [6.45, 7) is 4.00. The molecule has 0 fully saturated rings. The molecule has 23 heavy (non-hydrogen) atoms. The first-order valence-electron chi connectivity index (χ1n) is 7.01. The monoisotopic (exact) mass is 324 g/mol. The highest BCUT2D eigenvalue weighted by atomic mass is 19.4. The molecule has 3 nitrogen and oxygen atoms in total. The number of aldehydes is 1. The van der Waals surface area contributed by atoms with Gasteiger partial charge in [0.2, 0.25) is 0 Å². The van der Waals surface area contributed by atoms with Crippen molar-refractivity contribution in [2.45, 2.75) is 20.0 Å².